The summed E-state index contributed by atoms with van der Waals surface area (Å²) in [5, 5.41) is 3.39. The molecular weight excluding hydrogens is 200 g/mol. The third-order valence-corrected chi connectivity index (χ3v) is 3.55. The van der Waals surface area contributed by atoms with E-state index in [4.69, 9.17) is 0 Å². The van der Waals surface area contributed by atoms with Crippen LogP contribution < -0.4 is 5.32 Å². The average molecular weight is 226 g/mol. The molecule has 3 nitrogen and oxygen atoms in total. The van der Waals surface area contributed by atoms with Gasteiger partial charge in [-0.1, -0.05) is 13.8 Å². The summed E-state index contributed by atoms with van der Waals surface area (Å²) in [5.74, 6) is 0.837. The van der Waals surface area contributed by atoms with E-state index in [2.05, 4.69) is 26.1 Å². The predicted octanol–water partition coefficient (Wildman–Crippen LogP) is 2.02. The van der Waals surface area contributed by atoms with Crippen LogP contribution in [0.1, 0.15) is 47.0 Å². The van der Waals surface area contributed by atoms with Crippen LogP contribution in [0.4, 0.5) is 0 Å². The molecule has 1 fully saturated rings. The Morgan fingerprint density at radius 1 is 1.06 bits per heavy atom. The zero-order valence-electron chi connectivity index (χ0n) is 11.1. The number of nitrogens with zero attached hydrogens (tertiary/aromatic N) is 1. The zero-order valence-corrected chi connectivity index (χ0v) is 11.1. The third-order valence-electron chi connectivity index (χ3n) is 3.55. The molecule has 2 atom stereocenters. The topological polar surface area (TPSA) is 32.3 Å². The standard InChI is InChI=1S/C13H26N2O/c1-10(2)11(3)14-12(4)13(16)15-8-6-5-7-9-15/h10-12,14H,5-9H2,1-4H3. The molecule has 0 saturated carbocycles. The molecule has 1 rings (SSSR count). The first-order chi connectivity index (χ1) is 7.52. The summed E-state index contributed by atoms with van der Waals surface area (Å²) >= 11 is 0. The summed E-state index contributed by atoms with van der Waals surface area (Å²) in [6.45, 7) is 10.4. The molecule has 16 heavy (non-hydrogen) atoms. The minimum atomic E-state index is -0.0458. The van der Waals surface area contributed by atoms with Crippen molar-refractivity contribution in [1.29, 1.82) is 0 Å². The highest BCUT2D eigenvalue weighted by Gasteiger charge is 2.23. The molecule has 1 heterocycles. The smallest absolute Gasteiger partial charge is 0.239 e. The highest BCUT2D eigenvalue weighted by molar-refractivity contribution is 5.81. The number of rotatable bonds is 4. The van der Waals surface area contributed by atoms with E-state index in [1.165, 1.54) is 6.42 Å². The summed E-state index contributed by atoms with van der Waals surface area (Å²) in [5.41, 5.74) is 0. The second kappa shape index (κ2) is 6.24. The van der Waals surface area contributed by atoms with Crippen LogP contribution in [0.3, 0.4) is 0 Å². The first kappa shape index (κ1) is 13.5. The van der Waals surface area contributed by atoms with Gasteiger partial charge in [0.25, 0.3) is 0 Å². The molecular formula is C13H26N2O. The lowest BCUT2D eigenvalue weighted by molar-refractivity contribution is -0.134. The van der Waals surface area contributed by atoms with E-state index >= 15 is 0 Å². The number of nitrogens with one attached hydrogen (secondary N) is 1. The Morgan fingerprint density at radius 3 is 2.12 bits per heavy atom. The number of carbonyl (C=O) groups excluding carboxylic acids is 1. The summed E-state index contributed by atoms with van der Waals surface area (Å²) in [6, 6.07) is 0.347. The minimum Gasteiger partial charge on any atom is -0.341 e. The summed E-state index contributed by atoms with van der Waals surface area (Å²) in [6.07, 6.45) is 3.60. The van der Waals surface area contributed by atoms with Gasteiger partial charge in [-0.2, -0.15) is 0 Å². The van der Waals surface area contributed by atoms with Gasteiger partial charge >= 0.3 is 0 Å². The number of likely N-dealkylation sites (tertiary alicyclic amines) is 1. The van der Waals surface area contributed by atoms with Crippen molar-refractivity contribution >= 4 is 5.91 Å². The number of hydrogen-bond donors (Lipinski definition) is 1. The Hall–Kier alpha value is -0.570. The molecule has 0 radical (unpaired) electrons. The Bertz CT molecular complexity index is 222. The largest absolute Gasteiger partial charge is 0.341 e. The molecule has 0 bridgehead atoms. The number of carbonyl (C=O) groups is 1. The van der Waals surface area contributed by atoms with E-state index in [0.29, 0.717) is 12.0 Å². The SMILES string of the molecule is CC(NC(C)C(C)C)C(=O)N1CCCCC1. The third kappa shape index (κ3) is 3.78. The molecule has 2 unspecified atom stereocenters. The van der Waals surface area contributed by atoms with Crippen LogP contribution in [0.15, 0.2) is 0 Å². The van der Waals surface area contributed by atoms with Crippen LogP contribution in [-0.4, -0.2) is 36.0 Å². The van der Waals surface area contributed by atoms with Gasteiger partial charge in [0.2, 0.25) is 5.91 Å². The van der Waals surface area contributed by atoms with E-state index in [-0.39, 0.29) is 11.9 Å². The van der Waals surface area contributed by atoms with E-state index in [9.17, 15) is 4.79 Å². The number of amides is 1. The Kier molecular flexibility index (Phi) is 5.26. The maximum absolute atomic E-state index is 12.1. The van der Waals surface area contributed by atoms with Crippen molar-refractivity contribution in [3.05, 3.63) is 0 Å². The van der Waals surface area contributed by atoms with Crippen molar-refractivity contribution in [2.45, 2.75) is 59.0 Å². The summed E-state index contributed by atoms with van der Waals surface area (Å²) in [4.78, 5) is 14.1. The normalized spacial score (nSPS) is 20.9. The Morgan fingerprint density at radius 2 is 1.62 bits per heavy atom. The molecule has 0 spiro atoms. The highest BCUT2D eigenvalue weighted by Crippen LogP contribution is 2.10. The van der Waals surface area contributed by atoms with Crippen molar-refractivity contribution in [3.8, 4) is 0 Å². The van der Waals surface area contributed by atoms with Crippen LogP contribution in [0.2, 0.25) is 0 Å². The van der Waals surface area contributed by atoms with Crippen LogP contribution in [0.5, 0.6) is 0 Å². The van der Waals surface area contributed by atoms with Crippen molar-refractivity contribution in [3.63, 3.8) is 0 Å². The van der Waals surface area contributed by atoms with Gasteiger partial charge in [0.1, 0.15) is 0 Å². The minimum absolute atomic E-state index is 0.0458. The second-order valence-corrected chi connectivity index (χ2v) is 5.31. The van der Waals surface area contributed by atoms with E-state index in [1.807, 2.05) is 11.8 Å². The van der Waals surface area contributed by atoms with Crippen LogP contribution >= 0.6 is 0 Å². The van der Waals surface area contributed by atoms with Gasteiger partial charge in [0.15, 0.2) is 0 Å². The molecule has 1 amide bonds. The quantitative estimate of drug-likeness (QED) is 0.795. The van der Waals surface area contributed by atoms with Crippen molar-refractivity contribution in [1.82, 2.24) is 10.2 Å². The molecule has 1 saturated heterocycles. The summed E-state index contributed by atoms with van der Waals surface area (Å²) in [7, 11) is 0. The number of hydrogen-bond acceptors (Lipinski definition) is 2. The maximum Gasteiger partial charge on any atom is 0.239 e. The van der Waals surface area contributed by atoms with E-state index < -0.39 is 0 Å². The zero-order chi connectivity index (χ0) is 12.1. The van der Waals surface area contributed by atoms with Gasteiger partial charge in [0.05, 0.1) is 6.04 Å². The molecule has 0 aromatic rings. The van der Waals surface area contributed by atoms with Gasteiger partial charge in [0, 0.05) is 19.1 Å². The van der Waals surface area contributed by atoms with Gasteiger partial charge in [-0.3, -0.25) is 4.79 Å². The molecule has 0 aromatic heterocycles. The second-order valence-electron chi connectivity index (χ2n) is 5.31. The van der Waals surface area contributed by atoms with Gasteiger partial charge in [-0.15, -0.1) is 0 Å². The molecule has 1 aliphatic heterocycles. The molecule has 1 N–H and O–H groups in total. The van der Waals surface area contributed by atoms with Crippen molar-refractivity contribution in [2.75, 3.05) is 13.1 Å². The first-order valence-electron chi connectivity index (χ1n) is 6.57. The van der Waals surface area contributed by atoms with Crippen LogP contribution in [0.25, 0.3) is 0 Å². The lowest BCUT2D eigenvalue weighted by Gasteiger charge is -2.31. The van der Waals surface area contributed by atoms with Crippen molar-refractivity contribution in [2.24, 2.45) is 5.92 Å². The predicted molar refractivity (Wildman–Crippen MR) is 67.3 cm³/mol. The van der Waals surface area contributed by atoms with E-state index in [0.717, 1.165) is 25.9 Å². The van der Waals surface area contributed by atoms with Crippen molar-refractivity contribution < 1.29 is 4.79 Å². The highest BCUT2D eigenvalue weighted by atomic mass is 16.2. The lowest BCUT2D eigenvalue weighted by atomic mass is 10.0. The van der Waals surface area contributed by atoms with Crippen LogP contribution in [0, 0.1) is 5.92 Å². The molecule has 0 aliphatic carbocycles. The fraction of sp³-hybridized carbons (Fsp3) is 0.923. The van der Waals surface area contributed by atoms with Gasteiger partial charge in [-0.25, -0.2) is 0 Å². The Labute approximate surface area is 99.6 Å². The van der Waals surface area contributed by atoms with Crippen LogP contribution in [-0.2, 0) is 4.79 Å². The van der Waals surface area contributed by atoms with E-state index in [1.54, 1.807) is 0 Å². The fourth-order valence-corrected chi connectivity index (χ4v) is 2.05. The van der Waals surface area contributed by atoms with Gasteiger partial charge < -0.3 is 10.2 Å². The maximum atomic E-state index is 12.1. The monoisotopic (exact) mass is 226 g/mol. The summed E-state index contributed by atoms with van der Waals surface area (Å²) < 4.78 is 0. The fourth-order valence-electron chi connectivity index (χ4n) is 2.05. The van der Waals surface area contributed by atoms with Gasteiger partial charge in [-0.05, 0) is 39.0 Å². The molecule has 0 aromatic carbocycles. The molecule has 94 valence electrons. The number of piperidine rings is 1. The Balaban J connectivity index is 2.40. The molecule has 1 aliphatic rings. The lowest BCUT2D eigenvalue weighted by Crippen LogP contribution is -2.50. The average Bonchev–Trinajstić information content (AvgIpc) is 2.28. The first-order valence-corrected chi connectivity index (χ1v) is 6.57. The molecule has 3 heteroatoms.